The van der Waals surface area contributed by atoms with E-state index in [2.05, 4.69) is 0 Å². The van der Waals surface area contributed by atoms with Crippen molar-refractivity contribution < 1.29 is 22.8 Å². The summed E-state index contributed by atoms with van der Waals surface area (Å²) in [5.74, 6) is -4.71. The third-order valence-corrected chi connectivity index (χ3v) is 2.50. The first kappa shape index (κ1) is 14.4. The minimum Gasteiger partial charge on any atom is -0.296 e. The molecule has 5 heteroatoms. The highest BCUT2D eigenvalue weighted by Crippen LogP contribution is 2.17. The van der Waals surface area contributed by atoms with Crippen LogP contribution in [0.15, 0.2) is 18.2 Å². The summed E-state index contributed by atoms with van der Waals surface area (Å²) in [6, 6.07) is 2.76. The van der Waals surface area contributed by atoms with Gasteiger partial charge in [-0.25, -0.2) is 13.2 Å². The number of carbonyl (C=O) groups is 2. The van der Waals surface area contributed by atoms with E-state index in [0.29, 0.717) is 12.8 Å². The molecule has 0 heterocycles. The van der Waals surface area contributed by atoms with E-state index in [1.807, 2.05) is 0 Å². The molecule has 0 saturated carbocycles. The number of benzene rings is 1. The van der Waals surface area contributed by atoms with Gasteiger partial charge >= 0.3 is 0 Å². The standard InChI is InChI=1S/C13H13F3O2/c1-2-3-7-10(17)12(16)13(18)11-8(14)5-4-6-9(11)15/h4-6,12H,2-3,7H2,1H3. The zero-order chi connectivity index (χ0) is 13.7. The molecule has 1 aromatic carbocycles. The number of halogens is 3. The van der Waals surface area contributed by atoms with E-state index in [4.69, 9.17) is 0 Å². The fraction of sp³-hybridized carbons (Fsp3) is 0.385. The van der Waals surface area contributed by atoms with Crippen molar-refractivity contribution in [1.29, 1.82) is 0 Å². The van der Waals surface area contributed by atoms with Gasteiger partial charge in [-0.05, 0) is 18.6 Å². The highest BCUT2D eigenvalue weighted by atomic mass is 19.1. The Balaban J connectivity index is 2.90. The number of alkyl halides is 1. The Morgan fingerprint density at radius 1 is 1.22 bits per heavy atom. The summed E-state index contributed by atoms with van der Waals surface area (Å²) < 4.78 is 40.0. The van der Waals surface area contributed by atoms with Crippen LogP contribution in [0.1, 0.15) is 36.5 Å². The molecular weight excluding hydrogens is 245 g/mol. The Kier molecular flexibility index (Phi) is 5.07. The molecule has 1 atom stereocenters. The summed E-state index contributed by atoms with van der Waals surface area (Å²) in [5, 5.41) is 0. The van der Waals surface area contributed by atoms with E-state index in [1.165, 1.54) is 0 Å². The molecule has 18 heavy (non-hydrogen) atoms. The van der Waals surface area contributed by atoms with E-state index in [0.717, 1.165) is 18.2 Å². The van der Waals surface area contributed by atoms with Gasteiger partial charge < -0.3 is 0 Å². The van der Waals surface area contributed by atoms with Crippen LogP contribution in [0.25, 0.3) is 0 Å². The summed E-state index contributed by atoms with van der Waals surface area (Å²) in [4.78, 5) is 22.8. The second-order valence-electron chi connectivity index (χ2n) is 3.89. The van der Waals surface area contributed by atoms with Gasteiger partial charge in [-0.1, -0.05) is 19.4 Å². The minimum atomic E-state index is -2.50. The van der Waals surface area contributed by atoms with E-state index >= 15 is 0 Å². The Hall–Kier alpha value is -1.65. The van der Waals surface area contributed by atoms with Crippen molar-refractivity contribution in [2.75, 3.05) is 0 Å². The number of unbranched alkanes of at least 4 members (excludes halogenated alkanes) is 1. The van der Waals surface area contributed by atoms with Gasteiger partial charge in [0, 0.05) is 6.42 Å². The average Bonchev–Trinajstić information content (AvgIpc) is 2.34. The van der Waals surface area contributed by atoms with Gasteiger partial charge in [-0.15, -0.1) is 0 Å². The normalized spacial score (nSPS) is 12.2. The Labute approximate surface area is 103 Å². The summed E-state index contributed by atoms with van der Waals surface area (Å²) in [5.41, 5.74) is -0.991. The van der Waals surface area contributed by atoms with Gasteiger partial charge in [0.2, 0.25) is 12.0 Å². The molecular formula is C13H13F3O2. The van der Waals surface area contributed by atoms with E-state index < -0.39 is 34.9 Å². The predicted molar refractivity (Wildman–Crippen MR) is 60.1 cm³/mol. The first-order chi connectivity index (χ1) is 8.49. The molecule has 0 aromatic heterocycles. The van der Waals surface area contributed by atoms with Crippen molar-refractivity contribution in [3.05, 3.63) is 35.4 Å². The van der Waals surface area contributed by atoms with Crippen LogP contribution in [0.5, 0.6) is 0 Å². The van der Waals surface area contributed by atoms with Crippen LogP contribution in [-0.4, -0.2) is 17.7 Å². The van der Waals surface area contributed by atoms with Crippen molar-refractivity contribution in [3.8, 4) is 0 Å². The first-order valence-corrected chi connectivity index (χ1v) is 5.64. The zero-order valence-corrected chi connectivity index (χ0v) is 9.88. The maximum atomic E-state index is 13.5. The summed E-state index contributed by atoms with van der Waals surface area (Å²) in [6.45, 7) is 1.80. The Bertz CT molecular complexity index is 437. The monoisotopic (exact) mass is 258 g/mol. The lowest BCUT2D eigenvalue weighted by atomic mass is 10.0. The molecule has 0 spiro atoms. The Morgan fingerprint density at radius 3 is 2.28 bits per heavy atom. The molecule has 0 saturated heterocycles. The fourth-order valence-corrected chi connectivity index (χ4v) is 1.48. The Morgan fingerprint density at radius 2 is 1.78 bits per heavy atom. The lowest BCUT2D eigenvalue weighted by molar-refractivity contribution is -0.122. The van der Waals surface area contributed by atoms with E-state index in [9.17, 15) is 22.8 Å². The lowest BCUT2D eigenvalue weighted by Crippen LogP contribution is -2.27. The van der Waals surface area contributed by atoms with Gasteiger partial charge in [0.1, 0.15) is 11.6 Å². The highest BCUT2D eigenvalue weighted by molar-refractivity contribution is 6.13. The SMILES string of the molecule is CCCCC(=O)C(F)C(=O)c1c(F)cccc1F. The third-order valence-electron chi connectivity index (χ3n) is 2.50. The van der Waals surface area contributed by atoms with Gasteiger partial charge in [0.25, 0.3) is 0 Å². The molecule has 1 aromatic rings. The maximum Gasteiger partial charge on any atom is 0.221 e. The number of ketones is 2. The van der Waals surface area contributed by atoms with Gasteiger partial charge in [0.05, 0.1) is 5.56 Å². The summed E-state index contributed by atoms with van der Waals surface area (Å²) >= 11 is 0. The van der Waals surface area contributed by atoms with E-state index in [-0.39, 0.29) is 6.42 Å². The predicted octanol–water partition coefficient (Wildman–Crippen LogP) is 3.24. The smallest absolute Gasteiger partial charge is 0.221 e. The van der Waals surface area contributed by atoms with Crippen molar-refractivity contribution in [2.45, 2.75) is 32.4 Å². The van der Waals surface area contributed by atoms with Crippen molar-refractivity contribution in [3.63, 3.8) is 0 Å². The van der Waals surface area contributed by atoms with E-state index in [1.54, 1.807) is 6.92 Å². The summed E-state index contributed by atoms with van der Waals surface area (Å²) in [6.07, 6.45) is -1.50. The third kappa shape index (κ3) is 3.18. The largest absolute Gasteiger partial charge is 0.296 e. The molecule has 0 aliphatic rings. The average molecular weight is 258 g/mol. The molecule has 0 bridgehead atoms. The molecule has 1 unspecified atom stereocenters. The fourth-order valence-electron chi connectivity index (χ4n) is 1.48. The van der Waals surface area contributed by atoms with Crippen LogP contribution >= 0.6 is 0 Å². The second kappa shape index (κ2) is 6.33. The summed E-state index contributed by atoms with van der Waals surface area (Å²) in [7, 11) is 0. The molecule has 0 aliphatic heterocycles. The number of carbonyl (C=O) groups excluding carboxylic acids is 2. The van der Waals surface area contributed by atoms with Crippen molar-refractivity contribution >= 4 is 11.6 Å². The molecule has 0 aliphatic carbocycles. The van der Waals surface area contributed by atoms with Crippen LogP contribution < -0.4 is 0 Å². The molecule has 0 amide bonds. The molecule has 2 nitrogen and oxygen atoms in total. The molecule has 0 N–H and O–H groups in total. The lowest BCUT2D eigenvalue weighted by Gasteiger charge is -2.07. The number of rotatable bonds is 6. The maximum absolute atomic E-state index is 13.5. The van der Waals surface area contributed by atoms with Crippen molar-refractivity contribution in [2.24, 2.45) is 0 Å². The van der Waals surface area contributed by atoms with Gasteiger partial charge in [-0.2, -0.15) is 0 Å². The van der Waals surface area contributed by atoms with Crippen LogP contribution in [0, 0.1) is 11.6 Å². The van der Waals surface area contributed by atoms with Gasteiger partial charge in [-0.3, -0.25) is 9.59 Å². The minimum absolute atomic E-state index is 0.112. The second-order valence-corrected chi connectivity index (χ2v) is 3.89. The number of Topliss-reactive ketones (excluding diaryl/α,β-unsaturated/α-hetero) is 2. The molecule has 1 rings (SSSR count). The van der Waals surface area contributed by atoms with Crippen LogP contribution in [0.3, 0.4) is 0 Å². The molecule has 98 valence electrons. The number of hydrogen-bond acceptors (Lipinski definition) is 2. The highest BCUT2D eigenvalue weighted by Gasteiger charge is 2.30. The topological polar surface area (TPSA) is 34.1 Å². The first-order valence-electron chi connectivity index (χ1n) is 5.64. The van der Waals surface area contributed by atoms with Crippen LogP contribution in [0.4, 0.5) is 13.2 Å². The van der Waals surface area contributed by atoms with Gasteiger partial charge in [0.15, 0.2) is 5.78 Å². The molecule has 0 radical (unpaired) electrons. The quantitative estimate of drug-likeness (QED) is 0.579. The number of hydrogen-bond donors (Lipinski definition) is 0. The van der Waals surface area contributed by atoms with Crippen LogP contribution in [-0.2, 0) is 4.79 Å². The molecule has 0 fully saturated rings. The van der Waals surface area contributed by atoms with Crippen molar-refractivity contribution in [1.82, 2.24) is 0 Å². The zero-order valence-electron chi connectivity index (χ0n) is 9.88. The van der Waals surface area contributed by atoms with Crippen LogP contribution in [0.2, 0.25) is 0 Å².